The van der Waals surface area contributed by atoms with Gasteiger partial charge in [-0.05, 0) is 49.6 Å². The van der Waals surface area contributed by atoms with Crippen LogP contribution in [0.3, 0.4) is 0 Å². The van der Waals surface area contributed by atoms with Gasteiger partial charge in [0.25, 0.3) is 5.91 Å². The molecule has 3 aromatic rings. The van der Waals surface area contributed by atoms with Crippen LogP contribution in [-0.2, 0) is 0 Å². The summed E-state index contributed by atoms with van der Waals surface area (Å²) in [6.45, 7) is 7.32. The normalized spacial score (nSPS) is 15.6. The summed E-state index contributed by atoms with van der Waals surface area (Å²) in [6.07, 6.45) is 2.87. The lowest BCUT2D eigenvalue weighted by Crippen LogP contribution is -2.30. The number of unbranched alkanes of at least 4 members (excludes halogenated alkanes) is 1. The van der Waals surface area contributed by atoms with Gasteiger partial charge < -0.3 is 14.1 Å². The lowest BCUT2D eigenvalue weighted by molar-refractivity contribution is 0.0728. The highest BCUT2D eigenvalue weighted by Crippen LogP contribution is 2.38. The van der Waals surface area contributed by atoms with Crippen LogP contribution in [0.2, 0.25) is 0 Å². The zero-order chi connectivity index (χ0) is 21.3. The molecule has 1 aliphatic rings. The monoisotopic (exact) mass is 405 g/mol. The molecule has 5 heteroatoms. The molecule has 2 heterocycles. The summed E-state index contributed by atoms with van der Waals surface area (Å²) in [7, 11) is 0. The molecule has 0 saturated carbocycles. The molecule has 0 unspecified atom stereocenters. The van der Waals surface area contributed by atoms with Crippen molar-refractivity contribution in [3.05, 3.63) is 75.1 Å². The van der Waals surface area contributed by atoms with Crippen LogP contribution in [0.1, 0.15) is 66.4 Å². The van der Waals surface area contributed by atoms with Gasteiger partial charge in [-0.1, -0.05) is 44.0 Å². The Morgan fingerprint density at radius 3 is 2.50 bits per heavy atom. The average Bonchev–Trinajstić information content (AvgIpc) is 3.02. The Kier molecular flexibility index (Phi) is 5.62. The Bertz CT molecular complexity index is 1130. The van der Waals surface area contributed by atoms with Gasteiger partial charge >= 0.3 is 0 Å². The van der Waals surface area contributed by atoms with Crippen molar-refractivity contribution in [2.45, 2.75) is 46.1 Å². The maximum absolute atomic E-state index is 13.4. The van der Waals surface area contributed by atoms with E-state index in [4.69, 9.17) is 9.15 Å². The molecule has 0 aliphatic carbocycles. The predicted octanol–water partition coefficient (Wildman–Crippen LogP) is 5.24. The molecule has 0 spiro atoms. The predicted molar refractivity (Wildman–Crippen MR) is 117 cm³/mol. The number of carbonyl (C=O) groups excluding carboxylic acids is 1. The van der Waals surface area contributed by atoms with Gasteiger partial charge in [-0.3, -0.25) is 9.59 Å². The van der Waals surface area contributed by atoms with Crippen molar-refractivity contribution in [1.29, 1.82) is 0 Å². The van der Waals surface area contributed by atoms with Crippen LogP contribution in [-0.4, -0.2) is 24.0 Å². The molecule has 30 heavy (non-hydrogen) atoms. The highest BCUT2D eigenvalue weighted by atomic mass is 16.5. The number of rotatable bonds is 7. The summed E-state index contributed by atoms with van der Waals surface area (Å²) < 4.78 is 11.7. The zero-order valence-corrected chi connectivity index (χ0v) is 17.7. The van der Waals surface area contributed by atoms with Gasteiger partial charge in [0.2, 0.25) is 5.76 Å². The minimum Gasteiger partial charge on any atom is -0.494 e. The van der Waals surface area contributed by atoms with E-state index in [-0.39, 0.29) is 17.1 Å². The van der Waals surface area contributed by atoms with Crippen LogP contribution in [0.5, 0.6) is 5.75 Å². The molecule has 0 radical (unpaired) electrons. The van der Waals surface area contributed by atoms with Crippen LogP contribution in [0.15, 0.2) is 51.7 Å². The van der Waals surface area contributed by atoms with Crippen LogP contribution in [0.4, 0.5) is 0 Å². The molecule has 1 aliphatic heterocycles. The van der Waals surface area contributed by atoms with E-state index in [2.05, 4.69) is 6.92 Å². The fraction of sp³-hybridized carbons (Fsp3) is 0.360. The number of aryl methyl sites for hydroxylation is 1. The number of fused-ring (bicyclic) bond motifs is 2. The Labute approximate surface area is 176 Å². The van der Waals surface area contributed by atoms with Gasteiger partial charge in [-0.25, -0.2) is 0 Å². The topological polar surface area (TPSA) is 59.8 Å². The molecular weight excluding hydrogens is 378 g/mol. The fourth-order valence-electron chi connectivity index (χ4n) is 4.03. The summed E-state index contributed by atoms with van der Waals surface area (Å²) in [6, 6.07) is 12.7. The van der Waals surface area contributed by atoms with Gasteiger partial charge in [0.1, 0.15) is 11.3 Å². The number of amides is 1. The molecule has 1 amide bonds. The second-order valence-electron chi connectivity index (χ2n) is 7.85. The van der Waals surface area contributed by atoms with E-state index < -0.39 is 6.04 Å². The Morgan fingerprint density at radius 1 is 1.03 bits per heavy atom. The smallest absolute Gasteiger partial charge is 0.290 e. The molecule has 5 nitrogen and oxygen atoms in total. The molecular formula is C25H27NO4. The van der Waals surface area contributed by atoms with Gasteiger partial charge in [-0.2, -0.15) is 0 Å². The van der Waals surface area contributed by atoms with Crippen LogP contribution in [0.25, 0.3) is 11.0 Å². The molecule has 4 rings (SSSR count). The van der Waals surface area contributed by atoms with Crippen molar-refractivity contribution in [3.8, 4) is 5.75 Å². The Balaban J connectivity index is 1.81. The van der Waals surface area contributed by atoms with Crippen molar-refractivity contribution in [1.82, 2.24) is 4.90 Å². The van der Waals surface area contributed by atoms with Gasteiger partial charge in [0, 0.05) is 6.54 Å². The number of hydrogen-bond donors (Lipinski definition) is 0. The molecule has 1 atom stereocenters. The largest absolute Gasteiger partial charge is 0.494 e. The molecule has 0 bridgehead atoms. The molecule has 0 N–H and O–H groups in total. The molecule has 156 valence electrons. The van der Waals surface area contributed by atoms with E-state index in [9.17, 15) is 9.59 Å². The van der Waals surface area contributed by atoms with Crippen LogP contribution < -0.4 is 10.2 Å². The van der Waals surface area contributed by atoms with Gasteiger partial charge in [0.15, 0.2) is 5.43 Å². The number of carbonyl (C=O) groups is 1. The standard InChI is InChI=1S/C25H27NO4/c1-4-6-14-29-18-10-8-17(9-11-18)22-21-23(27)19-15-16(3)7-12-20(19)30-24(21)25(28)26(22)13-5-2/h7-12,15,22H,4-6,13-14H2,1-3H3/t22-/m0/s1. The van der Waals surface area contributed by atoms with Crippen LogP contribution in [0, 0.1) is 6.92 Å². The second kappa shape index (κ2) is 8.34. The van der Waals surface area contributed by atoms with Gasteiger partial charge in [0.05, 0.1) is 23.6 Å². The Morgan fingerprint density at radius 2 is 1.80 bits per heavy atom. The third-order valence-electron chi connectivity index (χ3n) is 5.55. The third-order valence-corrected chi connectivity index (χ3v) is 5.55. The number of nitrogens with zero attached hydrogens (tertiary/aromatic N) is 1. The maximum Gasteiger partial charge on any atom is 0.290 e. The first-order valence-electron chi connectivity index (χ1n) is 10.7. The summed E-state index contributed by atoms with van der Waals surface area (Å²) >= 11 is 0. The molecule has 1 aromatic heterocycles. The number of ether oxygens (including phenoxy) is 1. The summed E-state index contributed by atoms with van der Waals surface area (Å²) in [4.78, 5) is 28.3. The summed E-state index contributed by atoms with van der Waals surface area (Å²) in [5, 5.41) is 0.518. The molecule has 2 aromatic carbocycles. The maximum atomic E-state index is 13.4. The van der Waals surface area contributed by atoms with Crippen molar-refractivity contribution in [2.75, 3.05) is 13.2 Å². The van der Waals surface area contributed by atoms with Gasteiger partial charge in [-0.15, -0.1) is 0 Å². The quantitative estimate of drug-likeness (QED) is 0.505. The first-order chi connectivity index (χ1) is 14.5. The van der Waals surface area contributed by atoms with Crippen LogP contribution >= 0.6 is 0 Å². The van der Waals surface area contributed by atoms with Crippen molar-refractivity contribution < 1.29 is 13.9 Å². The second-order valence-corrected chi connectivity index (χ2v) is 7.85. The average molecular weight is 405 g/mol. The summed E-state index contributed by atoms with van der Waals surface area (Å²) in [5.41, 5.74) is 2.63. The van der Waals surface area contributed by atoms with Crippen molar-refractivity contribution >= 4 is 16.9 Å². The van der Waals surface area contributed by atoms with E-state index in [0.29, 0.717) is 29.7 Å². The van der Waals surface area contributed by atoms with Crippen molar-refractivity contribution in [2.24, 2.45) is 0 Å². The first kappa shape index (κ1) is 20.2. The fourth-order valence-corrected chi connectivity index (χ4v) is 4.03. The highest BCUT2D eigenvalue weighted by Gasteiger charge is 2.42. The minimum absolute atomic E-state index is 0.129. The minimum atomic E-state index is -0.446. The van der Waals surface area contributed by atoms with E-state index >= 15 is 0 Å². The van der Waals surface area contributed by atoms with E-state index in [0.717, 1.165) is 36.1 Å². The third kappa shape index (κ3) is 3.49. The number of hydrogen-bond acceptors (Lipinski definition) is 4. The SMILES string of the molecule is CCCCOc1ccc([C@H]2c3c(oc4ccc(C)cc4c3=O)C(=O)N2CCC)cc1. The van der Waals surface area contributed by atoms with E-state index in [1.165, 1.54) is 0 Å². The lowest BCUT2D eigenvalue weighted by Gasteiger charge is -2.24. The highest BCUT2D eigenvalue weighted by molar-refractivity contribution is 5.99. The zero-order valence-electron chi connectivity index (χ0n) is 17.7. The summed E-state index contributed by atoms with van der Waals surface area (Å²) in [5.74, 6) is 0.734. The molecule has 0 saturated heterocycles. The van der Waals surface area contributed by atoms with E-state index in [1.54, 1.807) is 11.0 Å². The van der Waals surface area contributed by atoms with Crippen molar-refractivity contribution in [3.63, 3.8) is 0 Å². The first-order valence-corrected chi connectivity index (χ1v) is 10.7. The lowest BCUT2D eigenvalue weighted by atomic mass is 9.98. The van der Waals surface area contributed by atoms with E-state index in [1.807, 2.05) is 50.2 Å². The molecule has 0 fully saturated rings. The number of benzene rings is 2. The Hall–Kier alpha value is -3.08.